The largest absolute Gasteiger partial charge is 0.389 e. The first kappa shape index (κ1) is 16.0. The van der Waals surface area contributed by atoms with E-state index < -0.39 is 6.10 Å². The van der Waals surface area contributed by atoms with Crippen LogP contribution in [0.4, 0.5) is 0 Å². The summed E-state index contributed by atoms with van der Waals surface area (Å²) in [4.78, 5) is 0. The monoisotopic (exact) mass is 272 g/mol. The second kappa shape index (κ2) is 9.85. The Kier molecular flexibility index (Phi) is 8.31. The Morgan fingerprint density at radius 1 is 1.47 bits per heavy atom. The van der Waals surface area contributed by atoms with E-state index in [9.17, 15) is 5.11 Å². The summed E-state index contributed by atoms with van der Waals surface area (Å²) in [6.07, 6.45) is 2.34. The van der Waals surface area contributed by atoms with Gasteiger partial charge in [-0.3, -0.25) is 0 Å². The predicted molar refractivity (Wildman–Crippen MR) is 70.7 cm³/mol. The van der Waals surface area contributed by atoms with E-state index in [1.807, 2.05) is 6.20 Å². The van der Waals surface area contributed by atoms with Crippen molar-refractivity contribution in [1.82, 2.24) is 20.3 Å². The lowest BCUT2D eigenvalue weighted by Crippen LogP contribution is -2.23. The molecule has 1 aromatic rings. The second-order valence-electron chi connectivity index (χ2n) is 4.33. The van der Waals surface area contributed by atoms with Crippen molar-refractivity contribution in [3.05, 3.63) is 11.9 Å². The molecule has 0 bridgehead atoms. The molecule has 7 nitrogen and oxygen atoms in total. The molecule has 0 fully saturated rings. The number of nitrogens with zero attached hydrogens (tertiary/aromatic N) is 3. The average Bonchev–Trinajstić information content (AvgIpc) is 2.83. The van der Waals surface area contributed by atoms with Crippen LogP contribution in [0.1, 0.15) is 19.0 Å². The molecule has 2 N–H and O–H groups in total. The van der Waals surface area contributed by atoms with Crippen LogP contribution in [0.15, 0.2) is 6.20 Å². The Bertz CT molecular complexity index is 333. The molecule has 1 unspecified atom stereocenters. The molecule has 110 valence electrons. The summed E-state index contributed by atoms with van der Waals surface area (Å²) in [6, 6.07) is 0. The smallest absolute Gasteiger partial charge is 0.0969 e. The SMILES string of the molecule is CCCNCc1cn(CC(O)COCCOC)nn1. The van der Waals surface area contributed by atoms with Crippen LogP contribution in [0.2, 0.25) is 0 Å². The van der Waals surface area contributed by atoms with Gasteiger partial charge in [0.25, 0.3) is 0 Å². The number of rotatable bonds is 11. The van der Waals surface area contributed by atoms with Crippen LogP contribution in [0.25, 0.3) is 0 Å². The van der Waals surface area contributed by atoms with Gasteiger partial charge in [0.2, 0.25) is 0 Å². The molecule has 0 radical (unpaired) electrons. The normalized spacial score (nSPS) is 12.8. The van der Waals surface area contributed by atoms with Crippen molar-refractivity contribution >= 4 is 0 Å². The van der Waals surface area contributed by atoms with Gasteiger partial charge in [-0.2, -0.15) is 0 Å². The summed E-state index contributed by atoms with van der Waals surface area (Å²) in [7, 11) is 1.61. The summed E-state index contributed by atoms with van der Waals surface area (Å²) >= 11 is 0. The quantitative estimate of drug-likeness (QED) is 0.543. The van der Waals surface area contributed by atoms with E-state index >= 15 is 0 Å². The molecule has 1 atom stereocenters. The minimum atomic E-state index is -0.588. The summed E-state index contributed by atoms with van der Waals surface area (Å²) < 4.78 is 11.7. The van der Waals surface area contributed by atoms with Crippen molar-refractivity contribution in [2.75, 3.05) is 33.5 Å². The van der Waals surface area contributed by atoms with Crippen molar-refractivity contribution in [2.45, 2.75) is 32.5 Å². The Morgan fingerprint density at radius 2 is 2.32 bits per heavy atom. The van der Waals surface area contributed by atoms with Crippen LogP contribution in [0.5, 0.6) is 0 Å². The van der Waals surface area contributed by atoms with Crippen LogP contribution in [-0.4, -0.2) is 59.7 Å². The van der Waals surface area contributed by atoms with Gasteiger partial charge in [-0.15, -0.1) is 5.10 Å². The molecule has 0 amide bonds. The van der Waals surface area contributed by atoms with Gasteiger partial charge in [-0.1, -0.05) is 12.1 Å². The van der Waals surface area contributed by atoms with Gasteiger partial charge < -0.3 is 19.9 Å². The molecule has 0 saturated carbocycles. The summed E-state index contributed by atoms with van der Waals surface area (Å²) in [6.45, 7) is 5.45. The van der Waals surface area contributed by atoms with E-state index in [1.165, 1.54) is 0 Å². The molecular formula is C12H24N4O3. The number of hydrogen-bond donors (Lipinski definition) is 2. The van der Waals surface area contributed by atoms with Gasteiger partial charge in [0, 0.05) is 19.9 Å². The fourth-order valence-electron chi connectivity index (χ4n) is 1.53. The summed E-state index contributed by atoms with van der Waals surface area (Å²) in [5.74, 6) is 0. The zero-order chi connectivity index (χ0) is 13.9. The lowest BCUT2D eigenvalue weighted by atomic mass is 10.4. The zero-order valence-electron chi connectivity index (χ0n) is 11.7. The third-order valence-corrected chi connectivity index (χ3v) is 2.46. The fourth-order valence-corrected chi connectivity index (χ4v) is 1.53. The maximum Gasteiger partial charge on any atom is 0.0969 e. The Balaban J connectivity index is 2.20. The molecule has 0 spiro atoms. The minimum absolute atomic E-state index is 0.270. The molecule has 0 aliphatic heterocycles. The lowest BCUT2D eigenvalue weighted by molar-refractivity contribution is 0.00579. The Hall–Kier alpha value is -1.02. The highest BCUT2D eigenvalue weighted by Crippen LogP contribution is 1.96. The first-order chi connectivity index (χ1) is 9.26. The molecule has 1 rings (SSSR count). The van der Waals surface area contributed by atoms with E-state index in [2.05, 4.69) is 22.6 Å². The third-order valence-electron chi connectivity index (χ3n) is 2.46. The van der Waals surface area contributed by atoms with Crippen molar-refractivity contribution in [1.29, 1.82) is 0 Å². The first-order valence-corrected chi connectivity index (χ1v) is 6.60. The van der Waals surface area contributed by atoms with E-state index in [-0.39, 0.29) is 6.61 Å². The second-order valence-corrected chi connectivity index (χ2v) is 4.33. The molecule has 19 heavy (non-hydrogen) atoms. The van der Waals surface area contributed by atoms with Crippen molar-refractivity contribution in [3.8, 4) is 0 Å². The first-order valence-electron chi connectivity index (χ1n) is 6.60. The Labute approximate surface area is 113 Å². The number of aromatic nitrogens is 3. The van der Waals surface area contributed by atoms with Crippen LogP contribution >= 0.6 is 0 Å². The van der Waals surface area contributed by atoms with Crippen molar-refractivity contribution in [2.24, 2.45) is 0 Å². The number of aliphatic hydroxyl groups excluding tert-OH is 1. The maximum absolute atomic E-state index is 9.76. The highest BCUT2D eigenvalue weighted by atomic mass is 16.5. The number of hydrogen-bond acceptors (Lipinski definition) is 6. The molecule has 1 aromatic heterocycles. The van der Waals surface area contributed by atoms with Crippen LogP contribution < -0.4 is 5.32 Å². The number of ether oxygens (including phenoxy) is 2. The van der Waals surface area contributed by atoms with Crippen LogP contribution in [0, 0.1) is 0 Å². The molecular weight excluding hydrogens is 248 g/mol. The molecule has 0 aromatic carbocycles. The Morgan fingerprint density at radius 3 is 3.05 bits per heavy atom. The van der Waals surface area contributed by atoms with Crippen molar-refractivity contribution < 1.29 is 14.6 Å². The van der Waals surface area contributed by atoms with Crippen LogP contribution in [-0.2, 0) is 22.6 Å². The standard InChI is InChI=1S/C12H24N4O3/c1-3-4-13-7-11-8-16(15-14-11)9-12(17)10-19-6-5-18-2/h8,12-13,17H,3-7,9-10H2,1-2H3. The van der Waals surface area contributed by atoms with Gasteiger partial charge in [-0.05, 0) is 13.0 Å². The highest BCUT2D eigenvalue weighted by molar-refractivity contribution is 4.91. The molecule has 0 aliphatic rings. The van der Waals surface area contributed by atoms with Gasteiger partial charge in [-0.25, -0.2) is 4.68 Å². The minimum Gasteiger partial charge on any atom is -0.389 e. The van der Waals surface area contributed by atoms with E-state index in [0.717, 1.165) is 18.7 Å². The number of aliphatic hydroxyl groups is 1. The van der Waals surface area contributed by atoms with Gasteiger partial charge in [0.05, 0.1) is 38.2 Å². The molecule has 7 heteroatoms. The van der Waals surface area contributed by atoms with Gasteiger partial charge in [0.15, 0.2) is 0 Å². The van der Waals surface area contributed by atoms with Crippen molar-refractivity contribution in [3.63, 3.8) is 0 Å². The average molecular weight is 272 g/mol. The maximum atomic E-state index is 9.76. The molecule has 0 saturated heterocycles. The molecule has 1 heterocycles. The van der Waals surface area contributed by atoms with E-state index in [1.54, 1.807) is 11.8 Å². The van der Waals surface area contributed by atoms with Crippen LogP contribution in [0.3, 0.4) is 0 Å². The van der Waals surface area contributed by atoms with E-state index in [0.29, 0.717) is 26.3 Å². The number of nitrogens with one attached hydrogen (secondary N) is 1. The number of methoxy groups -OCH3 is 1. The predicted octanol–water partition coefficient (Wildman–Crippen LogP) is -0.198. The van der Waals surface area contributed by atoms with E-state index in [4.69, 9.17) is 9.47 Å². The van der Waals surface area contributed by atoms with Gasteiger partial charge in [0.1, 0.15) is 0 Å². The summed E-state index contributed by atoms with van der Waals surface area (Å²) in [5, 5.41) is 21.0. The topological polar surface area (TPSA) is 81.4 Å². The lowest BCUT2D eigenvalue weighted by Gasteiger charge is -2.10. The zero-order valence-corrected chi connectivity index (χ0v) is 11.7. The third kappa shape index (κ3) is 7.22. The fraction of sp³-hybridized carbons (Fsp3) is 0.833. The molecule has 0 aliphatic carbocycles. The van der Waals surface area contributed by atoms with Gasteiger partial charge >= 0.3 is 0 Å². The summed E-state index contributed by atoms with van der Waals surface area (Å²) in [5.41, 5.74) is 0.876. The highest BCUT2D eigenvalue weighted by Gasteiger charge is 2.07.